The highest BCUT2D eigenvalue weighted by Gasteiger charge is 2.04. The van der Waals surface area contributed by atoms with Crippen LogP contribution in [0.25, 0.3) is 11.1 Å². The van der Waals surface area contributed by atoms with Crippen molar-refractivity contribution in [1.29, 1.82) is 0 Å². The van der Waals surface area contributed by atoms with Gasteiger partial charge in [0.2, 0.25) is 11.8 Å². The Hall–Kier alpha value is -2.66. The highest BCUT2D eigenvalue weighted by atomic mass is 16.5. The molecule has 0 aliphatic rings. The minimum Gasteiger partial charge on any atom is -0.326 e. The minimum absolute atomic E-state index is 0.000521. The first kappa shape index (κ1) is 23.4. The summed E-state index contributed by atoms with van der Waals surface area (Å²) in [6, 6.07) is 17.9. The number of hydroxylamine groups is 1. The Labute approximate surface area is 168 Å². The molecule has 28 heavy (non-hydrogen) atoms. The molecule has 0 aromatic heterocycles. The summed E-state index contributed by atoms with van der Waals surface area (Å²) in [7, 11) is 0. The predicted molar refractivity (Wildman–Crippen MR) is 114 cm³/mol. The Balaban J connectivity index is 0.00000122. The fraction of sp³-hybridized carbons (Fsp3) is 0.391. The highest BCUT2D eigenvalue weighted by Crippen LogP contribution is 2.21. The Morgan fingerprint density at radius 1 is 0.750 bits per heavy atom. The van der Waals surface area contributed by atoms with Crippen molar-refractivity contribution < 1.29 is 14.8 Å². The van der Waals surface area contributed by atoms with Crippen molar-refractivity contribution in [2.45, 2.75) is 58.8 Å². The number of anilines is 1. The van der Waals surface area contributed by atoms with Gasteiger partial charge in [-0.2, -0.15) is 0 Å². The highest BCUT2D eigenvalue weighted by molar-refractivity contribution is 5.90. The van der Waals surface area contributed by atoms with E-state index < -0.39 is 0 Å². The fourth-order valence-corrected chi connectivity index (χ4v) is 2.58. The molecule has 0 heterocycles. The lowest BCUT2D eigenvalue weighted by Crippen LogP contribution is -2.17. The van der Waals surface area contributed by atoms with E-state index in [1.807, 2.05) is 42.5 Å². The van der Waals surface area contributed by atoms with Crippen LogP contribution in [0.4, 0.5) is 5.69 Å². The first-order chi connectivity index (χ1) is 13.6. The van der Waals surface area contributed by atoms with Gasteiger partial charge in [-0.25, -0.2) is 5.48 Å². The van der Waals surface area contributed by atoms with E-state index in [4.69, 9.17) is 5.21 Å². The molecule has 0 saturated carbocycles. The fourth-order valence-electron chi connectivity index (χ4n) is 2.58. The van der Waals surface area contributed by atoms with Crippen molar-refractivity contribution >= 4 is 17.5 Å². The zero-order chi connectivity index (χ0) is 20.6. The molecule has 2 rings (SSSR count). The number of benzene rings is 2. The van der Waals surface area contributed by atoms with Gasteiger partial charge >= 0.3 is 0 Å². The van der Waals surface area contributed by atoms with Gasteiger partial charge in [-0.3, -0.25) is 14.8 Å². The maximum Gasteiger partial charge on any atom is 0.243 e. The number of carbonyl (C=O) groups excluding carboxylic acids is 2. The summed E-state index contributed by atoms with van der Waals surface area (Å²) in [5.74, 6) is -0.364. The van der Waals surface area contributed by atoms with E-state index in [1.165, 1.54) is 6.42 Å². The summed E-state index contributed by atoms with van der Waals surface area (Å²) in [5.41, 5.74) is 4.67. The van der Waals surface area contributed by atoms with Gasteiger partial charge in [0.15, 0.2) is 0 Å². The van der Waals surface area contributed by atoms with E-state index in [9.17, 15) is 9.59 Å². The van der Waals surface area contributed by atoms with Gasteiger partial charge < -0.3 is 5.32 Å². The van der Waals surface area contributed by atoms with E-state index in [0.29, 0.717) is 12.8 Å². The van der Waals surface area contributed by atoms with E-state index in [1.54, 1.807) is 5.48 Å². The van der Waals surface area contributed by atoms with E-state index in [2.05, 4.69) is 31.3 Å². The second-order valence-corrected chi connectivity index (χ2v) is 6.65. The lowest BCUT2D eigenvalue weighted by molar-refractivity contribution is -0.129. The molecule has 0 radical (unpaired) electrons. The van der Waals surface area contributed by atoms with Gasteiger partial charge in [0, 0.05) is 18.5 Å². The number of hydrogen-bond acceptors (Lipinski definition) is 3. The summed E-state index contributed by atoms with van der Waals surface area (Å²) in [6.07, 6.45) is 5.29. The maximum absolute atomic E-state index is 11.9. The van der Waals surface area contributed by atoms with Crippen LogP contribution in [0.5, 0.6) is 0 Å². The largest absolute Gasteiger partial charge is 0.326 e. The third kappa shape index (κ3) is 9.88. The summed E-state index contributed by atoms with van der Waals surface area (Å²) in [6.45, 7) is 4.25. The SMILES string of the molecule is CCC.O=C(CCCCCCC(=O)Nc1ccc(-c2ccccc2)cc1)NO. The zero-order valence-electron chi connectivity index (χ0n) is 16.9. The molecule has 0 aliphatic carbocycles. The van der Waals surface area contributed by atoms with Gasteiger partial charge in [-0.1, -0.05) is 75.6 Å². The summed E-state index contributed by atoms with van der Waals surface area (Å²) < 4.78 is 0. The summed E-state index contributed by atoms with van der Waals surface area (Å²) >= 11 is 0. The molecule has 2 aromatic rings. The van der Waals surface area contributed by atoms with Crippen molar-refractivity contribution in [2.75, 3.05) is 5.32 Å². The molecule has 0 saturated heterocycles. The Morgan fingerprint density at radius 2 is 1.25 bits per heavy atom. The summed E-state index contributed by atoms with van der Waals surface area (Å²) in [5, 5.41) is 11.3. The maximum atomic E-state index is 11.9. The first-order valence-corrected chi connectivity index (χ1v) is 9.99. The van der Waals surface area contributed by atoms with Crippen LogP contribution in [0.2, 0.25) is 0 Å². The van der Waals surface area contributed by atoms with Gasteiger partial charge in [-0.15, -0.1) is 0 Å². The van der Waals surface area contributed by atoms with Crippen LogP contribution in [-0.4, -0.2) is 17.0 Å². The number of rotatable bonds is 9. The number of unbranched alkanes of at least 4 members (excludes halogenated alkanes) is 3. The second kappa shape index (κ2) is 14.4. The van der Waals surface area contributed by atoms with Crippen LogP contribution in [-0.2, 0) is 9.59 Å². The Kier molecular flexibility index (Phi) is 12.0. The average molecular weight is 385 g/mol. The third-order valence-corrected chi connectivity index (χ3v) is 3.96. The average Bonchev–Trinajstić information content (AvgIpc) is 2.72. The van der Waals surface area contributed by atoms with E-state index in [-0.39, 0.29) is 11.8 Å². The number of hydrogen-bond donors (Lipinski definition) is 3. The number of carbonyl (C=O) groups is 2. The molecular weight excluding hydrogens is 352 g/mol. The molecule has 2 aromatic carbocycles. The van der Waals surface area contributed by atoms with Gasteiger partial charge in [0.1, 0.15) is 0 Å². The Bertz CT molecular complexity index is 685. The molecule has 0 fully saturated rings. The standard InChI is InChI=1S/C20H24N2O3.C3H8/c23-19(10-6-1-2-7-11-20(24)22-25)21-18-14-12-17(13-15-18)16-8-4-3-5-9-16;1-3-2/h3-5,8-9,12-15,25H,1-2,6-7,10-11H2,(H,21,23)(H,22,24);3H2,1-2H3. The van der Waals surface area contributed by atoms with E-state index in [0.717, 1.165) is 42.5 Å². The van der Waals surface area contributed by atoms with Crippen LogP contribution >= 0.6 is 0 Å². The lowest BCUT2D eigenvalue weighted by atomic mass is 10.1. The molecule has 2 amide bonds. The van der Waals surface area contributed by atoms with Crippen molar-refractivity contribution in [3.63, 3.8) is 0 Å². The zero-order valence-corrected chi connectivity index (χ0v) is 16.9. The molecular formula is C23H32N2O3. The topological polar surface area (TPSA) is 78.4 Å². The van der Waals surface area contributed by atoms with E-state index >= 15 is 0 Å². The normalized spacial score (nSPS) is 9.82. The number of amides is 2. The minimum atomic E-state index is -0.364. The monoisotopic (exact) mass is 384 g/mol. The van der Waals surface area contributed by atoms with Crippen molar-refractivity contribution in [3.05, 3.63) is 54.6 Å². The molecule has 5 nitrogen and oxygen atoms in total. The molecule has 0 aliphatic heterocycles. The van der Waals surface area contributed by atoms with Gasteiger partial charge in [-0.05, 0) is 36.1 Å². The van der Waals surface area contributed by atoms with Gasteiger partial charge in [0.05, 0.1) is 0 Å². The third-order valence-electron chi connectivity index (χ3n) is 3.96. The van der Waals surface area contributed by atoms with Crippen LogP contribution < -0.4 is 10.8 Å². The molecule has 0 atom stereocenters. The predicted octanol–water partition coefficient (Wildman–Crippen LogP) is 5.55. The van der Waals surface area contributed by atoms with Gasteiger partial charge in [0.25, 0.3) is 0 Å². The quantitative estimate of drug-likeness (QED) is 0.301. The molecule has 3 N–H and O–H groups in total. The second-order valence-electron chi connectivity index (χ2n) is 6.65. The van der Waals surface area contributed by atoms with Crippen molar-refractivity contribution in [2.24, 2.45) is 0 Å². The summed E-state index contributed by atoms with van der Waals surface area (Å²) in [4.78, 5) is 22.8. The first-order valence-electron chi connectivity index (χ1n) is 9.99. The molecule has 0 bridgehead atoms. The molecule has 152 valence electrons. The van der Waals surface area contributed by atoms with Crippen LogP contribution in [0, 0.1) is 0 Å². The van der Waals surface area contributed by atoms with Crippen molar-refractivity contribution in [3.8, 4) is 11.1 Å². The van der Waals surface area contributed by atoms with Crippen molar-refractivity contribution in [1.82, 2.24) is 5.48 Å². The van der Waals surface area contributed by atoms with Crippen LogP contribution in [0.15, 0.2) is 54.6 Å². The lowest BCUT2D eigenvalue weighted by Gasteiger charge is -2.07. The van der Waals surface area contributed by atoms with Crippen LogP contribution in [0.1, 0.15) is 58.8 Å². The molecule has 5 heteroatoms. The molecule has 0 unspecified atom stereocenters. The van der Waals surface area contributed by atoms with Crippen LogP contribution in [0.3, 0.4) is 0 Å². The molecule has 0 spiro atoms. The number of nitrogens with one attached hydrogen (secondary N) is 2. The Morgan fingerprint density at radius 3 is 1.79 bits per heavy atom. The smallest absolute Gasteiger partial charge is 0.243 e.